The maximum atomic E-state index is 10.9. The normalized spacial score (nSPS) is 10.2. The molecule has 0 bridgehead atoms. The summed E-state index contributed by atoms with van der Waals surface area (Å²) in [6.07, 6.45) is 7.03. The molecular weight excluding hydrogens is 732 g/mol. The Morgan fingerprint density at radius 2 is 0.839 bits per heavy atom. The van der Waals surface area contributed by atoms with Gasteiger partial charge in [0.25, 0.3) is 0 Å². The SMILES string of the molecule is C.C.C.C.C=CC(=O)OCCCCCC(C)=O.CC(=O)CCCCCOC(=O)CCC(=O)O.COCC(COC)(COC)COCC(COC)(COC)COC. The van der Waals surface area contributed by atoms with Crippen molar-refractivity contribution >= 4 is 29.5 Å². The van der Waals surface area contributed by atoms with Gasteiger partial charge < -0.3 is 57.3 Å². The first-order valence-electron chi connectivity index (χ1n) is 17.4. The molecule has 0 fully saturated rings. The van der Waals surface area contributed by atoms with Crippen LogP contribution in [0.5, 0.6) is 0 Å². The first-order valence-corrected chi connectivity index (χ1v) is 17.4. The molecule has 338 valence electrons. The second kappa shape index (κ2) is 46.6. The summed E-state index contributed by atoms with van der Waals surface area (Å²) in [5, 5.41) is 8.32. The summed E-state index contributed by atoms with van der Waals surface area (Å²) < 4.78 is 47.5. The van der Waals surface area contributed by atoms with Gasteiger partial charge in [-0.2, -0.15) is 0 Å². The highest BCUT2D eigenvalue weighted by Gasteiger charge is 2.35. The Balaban J connectivity index is -0.000000129. The van der Waals surface area contributed by atoms with E-state index in [1.165, 1.54) is 0 Å². The van der Waals surface area contributed by atoms with E-state index in [2.05, 4.69) is 6.58 Å². The third-order valence-electron chi connectivity index (χ3n) is 7.08. The largest absolute Gasteiger partial charge is 0.481 e. The van der Waals surface area contributed by atoms with Gasteiger partial charge in [0.2, 0.25) is 0 Å². The molecule has 0 aliphatic carbocycles. The molecule has 0 aliphatic heterocycles. The van der Waals surface area contributed by atoms with Crippen LogP contribution in [0.15, 0.2) is 12.7 Å². The first kappa shape index (κ1) is 67.9. The van der Waals surface area contributed by atoms with Gasteiger partial charge in [0.15, 0.2) is 0 Å². The van der Waals surface area contributed by atoms with Crippen molar-refractivity contribution < 1.29 is 71.7 Å². The Bertz CT molecular complexity index is 880. The summed E-state index contributed by atoms with van der Waals surface area (Å²) in [6, 6.07) is 0. The summed E-state index contributed by atoms with van der Waals surface area (Å²) in [5.74, 6) is -1.49. The third-order valence-corrected chi connectivity index (χ3v) is 7.08. The summed E-state index contributed by atoms with van der Waals surface area (Å²) >= 11 is 0. The van der Waals surface area contributed by atoms with Crippen LogP contribution in [0.2, 0.25) is 0 Å². The van der Waals surface area contributed by atoms with Gasteiger partial charge in [0.05, 0.1) is 89.7 Å². The van der Waals surface area contributed by atoms with Gasteiger partial charge in [0.1, 0.15) is 11.6 Å². The van der Waals surface area contributed by atoms with Gasteiger partial charge in [0, 0.05) is 61.6 Å². The number of esters is 2. The van der Waals surface area contributed by atoms with E-state index in [9.17, 15) is 24.0 Å². The van der Waals surface area contributed by atoms with Gasteiger partial charge >= 0.3 is 17.9 Å². The average Bonchev–Trinajstić information content (AvgIpc) is 3.08. The van der Waals surface area contributed by atoms with Crippen LogP contribution >= 0.6 is 0 Å². The minimum atomic E-state index is -1.00. The quantitative estimate of drug-likeness (QED) is 0.0423. The molecule has 0 heterocycles. The Hall–Kier alpha value is -2.79. The number of carbonyl (C=O) groups is 5. The molecule has 0 aromatic heterocycles. The smallest absolute Gasteiger partial charge is 0.330 e. The van der Waals surface area contributed by atoms with Crippen LogP contribution in [0.25, 0.3) is 0 Å². The molecule has 0 aromatic carbocycles. The number of carboxylic acids is 1. The molecule has 0 saturated heterocycles. The van der Waals surface area contributed by atoms with Crippen LogP contribution in [-0.4, -0.2) is 143 Å². The zero-order valence-electron chi connectivity index (χ0n) is 33.1. The van der Waals surface area contributed by atoms with E-state index in [4.69, 9.17) is 47.7 Å². The fraction of sp³-hybridized carbons (Fsp3) is 0.829. The van der Waals surface area contributed by atoms with Crippen molar-refractivity contribution in [3.05, 3.63) is 12.7 Å². The molecule has 15 nitrogen and oxygen atoms in total. The fourth-order valence-electron chi connectivity index (χ4n) is 4.83. The number of carboxylic acid groups (broad SMARTS) is 1. The number of ketones is 2. The van der Waals surface area contributed by atoms with Crippen molar-refractivity contribution in [2.24, 2.45) is 10.8 Å². The minimum absolute atomic E-state index is 0. The third kappa shape index (κ3) is 43.9. The van der Waals surface area contributed by atoms with Crippen molar-refractivity contribution in [1.29, 1.82) is 0 Å². The van der Waals surface area contributed by atoms with Crippen molar-refractivity contribution in [1.82, 2.24) is 0 Å². The van der Waals surface area contributed by atoms with E-state index in [-0.39, 0.29) is 70.9 Å². The molecule has 0 rings (SSSR count). The van der Waals surface area contributed by atoms with Crippen LogP contribution in [0.4, 0.5) is 0 Å². The number of methoxy groups -OCH3 is 6. The monoisotopic (exact) mass is 817 g/mol. The summed E-state index contributed by atoms with van der Waals surface area (Å²) in [4.78, 5) is 52.8. The maximum absolute atomic E-state index is 10.9. The highest BCUT2D eigenvalue weighted by atomic mass is 16.5. The number of hydrogen-bond acceptors (Lipinski definition) is 14. The van der Waals surface area contributed by atoms with E-state index < -0.39 is 11.9 Å². The molecule has 15 heteroatoms. The Morgan fingerprint density at radius 1 is 0.500 bits per heavy atom. The van der Waals surface area contributed by atoms with Crippen molar-refractivity contribution in [2.45, 2.75) is 108 Å². The lowest BCUT2D eigenvalue weighted by molar-refractivity contribution is -0.147. The molecule has 0 atom stereocenters. The van der Waals surface area contributed by atoms with Crippen LogP contribution < -0.4 is 0 Å². The highest BCUT2D eigenvalue weighted by Crippen LogP contribution is 2.24. The summed E-state index contributed by atoms with van der Waals surface area (Å²) in [7, 11) is 9.95. The predicted octanol–water partition coefficient (Wildman–Crippen LogP) is 6.81. The lowest BCUT2D eigenvalue weighted by Crippen LogP contribution is -2.45. The number of unbranched alkanes of at least 4 members (excludes halogenated alkanes) is 4. The number of rotatable bonds is 32. The second-order valence-corrected chi connectivity index (χ2v) is 12.6. The zero-order valence-corrected chi connectivity index (χ0v) is 33.1. The highest BCUT2D eigenvalue weighted by molar-refractivity contribution is 5.81. The Kier molecular flexibility index (Phi) is 56.5. The first-order chi connectivity index (χ1) is 24.8. The zero-order chi connectivity index (χ0) is 40.1. The lowest BCUT2D eigenvalue weighted by Gasteiger charge is -2.35. The fourth-order valence-corrected chi connectivity index (χ4v) is 4.83. The molecule has 56 heavy (non-hydrogen) atoms. The predicted molar refractivity (Wildman–Crippen MR) is 221 cm³/mol. The van der Waals surface area contributed by atoms with E-state index in [0.717, 1.165) is 38.2 Å². The van der Waals surface area contributed by atoms with Crippen molar-refractivity contribution in [3.8, 4) is 0 Å². The van der Waals surface area contributed by atoms with Crippen molar-refractivity contribution in [3.63, 3.8) is 0 Å². The van der Waals surface area contributed by atoms with Crippen molar-refractivity contribution in [2.75, 3.05) is 109 Å². The summed E-state index contributed by atoms with van der Waals surface area (Å²) in [6.45, 7) is 10.9. The molecule has 0 radical (unpaired) electrons. The van der Waals surface area contributed by atoms with Crippen LogP contribution in [0.3, 0.4) is 0 Å². The van der Waals surface area contributed by atoms with E-state index in [0.29, 0.717) is 85.3 Å². The minimum Gasteiger partial charge on any atom is -0.481 e. The summed E-state index contributed by atoms with van der Waals surface area (Å²) in [5.41, 5.74) is -0.700. The second-order valence-electron chi connectivity index (χ2n) is 12.6. The molecule has 0 amide bonds. The number of ether oxygens (including phenoxy) is 9. The molecular formula is C41H84O15. The van der Waals surface area contributed by atoms with Gasteiger partial charge in [-0.15, -0.1) is 0 Å². The van der Waals surface area contributed by atoms with E-state index in [1.54, 1.807) is 56.5 Å². The van der Waals surface area contributed by atoms with Crippen LogP contribution in [0.1, 0.15) is 108 Å². The molecule has 0 aliphatic rings. The maximum Gasteiger partial charge on any atom is 0.330 e. The molecule has 0 saturated carbocycles. The van der Waals surface area contributed by atoms with Crippen LogP contribution in [0, 0.1) is 10.8 Å². The standard InChI is InChI=1S/C16H34O7.C11H18O5.C10H16O3.4CH4/c1-17-7-15(8-18-2,9-19-3)13-23-14-16(10-20-4,11-21-5)12-22-6;1-9(12)5-3-2-4-8-16-11(15)7-6-10(13)14;1-3-10(12)13-8-6-4-5-7-9(2)11;;;;/h7-14H2,1-6H3;2-8H2,1H3,(H,13,14);3H,1,4-8H2,2H3;4*1H4. The Morgan fingerprint density at radius 3 is 1.12 bits per heavy atom. The van der Waals surface area contributed by atoms with Gasteiger partial charge in [-0.05, 0) is 52.4 Å². The number of hydrogen-bond donors (Lipinski definition) is 1. The van der Waals surface area contributed by atoms with Crippen LogP contribution in [-0.2, 0) is 66.6 Å². The average molecular weight is 817 g/mol. The Labute approximate surface area is 340 Å². The topological polar surface area (TPSA) is 189 Å². The molecule has 1 N–H and O–H groups in total. The molecule has 0 spiro atoms. The van der Waals surface area contributed by atoms with Gasteiger partial charge in [-0.25, -0.2) is 4.79 Å². The van der Waals surface area contributed by atoms with Gasteiger partial charge in [-0.1, -0.05) is 36.3 Å². The number of carbonyl (C=O) groups excluding carboxylic acids is 4. The molecule has 0 aromatic rings. The van der Waals surface area contributed by atoms with E-state index in [1.807, 2.05) is 0 Å². The lowest BCUT2D eigenvalue weighted by atomic mass is 9.90. The molecule has 0 unspecified atom stereocenters. The van der Waals surface area contributed by atoms with E-state index >= 15 is 0 Å². The number of aliphatic carboxylic acids is 1. The van der Waals surface area contributed by atoms with Gasteiger partial charge in [-0.3, -0.25) is 9.59 Å². The number of Topliss-reactive ketones (excluding diaryl/α,β-unsaturated/α-hetero) is 2.